The zero-order valence-electron chi connectivity index (χ0n) is 9.54. The van der Waals surface area contributed by atoms with E-state index < -0.39 is 0 Å². The van der Waals surface area contributed by atoms with Crippen molar-refractivity contribution in [2.24, 2.45) is 4.99 Å². The summed E-state index contributed by atoms with van der Waals surface area (Å²) in [5.74, 6) is 0. The van der Waals surface area contributed by atoms with E-state index in [4.69, 9.17) is 23.2 Å². The molecule has 0 N–H and O–H groups in total. The van der Waals surface area contributed by atoms with Crippen molar-refractivity contribution in [2.45, 2.75) is 6.92 Å². The molecule has 1 aromatic rings. The lowest BCUT2D eigenvalue weighted by atomic mass is 10.3. The molecule has 0 saturated heterocycles. The van der Waals surface area contributed by atoms with Gasteiger partial charge in [-0.05, 0) is 30.7 Å². The van der Waals surface area contributed by atoms with Crippen LogP contribution in [-0.4, -0.2) is 25.2 Å². The summed E-state index contributed by atoms with van der Waals surface area (Å²) in [6.45, 7) is 1.98. The van der Waals surface area contributed by atoms with Gasteiger partial charge in [0.1, 0.15) is 0 Å². The van der Waals surface area contributed by atoms with E-state index >= 15 is 0 Å². The molecular formula is C12H14Cl2N2. The summed E-state index contributed by atoms with van der Waals surface area (Å²) in [7, 11) is 3.93. The zero-order chi connectivity index (χ0) is 12.1. The van der Waals surface area contributed by atoms with Crippen LogP contribution in [0.1, 0.15) is 6.92 Å². The lowest BCUT2D eigenvalue weighted by molar-refractivity contribution is 0.561. The van der Waals surface area contributed by atoms with Gasteiger partial charge >= 0.3 is 0 Å². The molecule has 4 heteroatoms. The Morgan fingerprint density at radius 2 is 2.00 bits per heavy atom. The monoisotopic (exact) mass is 256 g/mol. The van der Waals surface area contributed by atoms with E-state index in [-0.39, 0.29) is 0 Å². The first-order valence-corrected chi connectivity index (χ1v) is 5.58. The van der Waals surface area contributed by atoms with Crippen molar-refractivity contribution in [2.75, 3.05) is 14.1 Å². The Balaban J connectivity index is 2.84. The van der Waals surface area contributed by atoms with Gasteiger partial charge in [-0.2, -0.15) is 0 Å². The number of hydrogen-bond acceptors (Lipinski definition) is 2. The van der Waals surface area contributed by atoms with E-state index in [1.54, 1.807) is 24.4 Å². The van der Waals surface area contributed by atoms with Crippen LogP contribution in [0.5, 0.6) is 0 Å². The van der Waals surface area contributed by atoms with E-state index in [1.165, 1.54) is 0 Å². The molecule has 86 valence electrons. The maximum atomic E-state index is 5.99. The third-order valence-corrected chi connectivity index (χ3v) is 2.32. The van der Waals surface area contributed by atoms with Crippen LogP contribution in [0.25, 0.3) is 0 Å². The van der Waals surface area contributed by atoms with Crippen molar-refractivity contribution >= 4 is 35.1 Å². The fraction of sp³-hybridized carbons (Fsp3) is 0.250. The number of nitrogens with zero attached hydrogens (tertiary/aromatic N) is 2. The second kappa shape index (κ2) is 5.92. The fourth-order valence-electron chi connectivity index (χ4n) is 1.20. The molecule has 2 nitrogen and oxygen atoms in total. The van der Waals surface area contributed by atoms with E-state index in [1.807, 2.05) is 32.1 Å². The number of hydrogen-bond donors (Lipinski definition) is 0. The largest absolute Gasteiger partial charge is 0.383 e. The third kappa shape index (κ3) is 4.25. The molecule has 0 amide bonds. The minimum absolute atomic E-state index is 0.557. The van der Waals surface area contributed by atoms with Gasteiger partial charge in [-0.15, -0.1) is 0 Å². The summed E-state index contributed by atoms with van der Waals surface area (Å²) < 4.78 is 0. The third-order valence-electron chi connectivity index (χ3n) is 1.78. The van der Waals surface area contributed by atoms with E-state index in [0.29, 0.717) is 10.0 Å². The zero-order valence-corrected chi connectivity index (χ0v) is 11.0. The molecule has 0 saturated carbocycles. The average Bonchev–Trinajstić information content (AvgIpc) is 2.15. The Hall–Kier alpha value is -0.990. The van der Waals surface area contributed by atoms with Gasteiger partial charge in [-0.1, -0.05) is 23.2 Å². The standard InChI is InChI=1S/C12H14Cl2N2/c1-9(8-16(2)3)7-15-12-5-4-10(13)6-11(12)14/h4-8H,1-3H3. The quantitative estimate of drug-likeness (QED) is 0.742. The van der Waals surface area contributed by atoms with Crippen molar-refractivity contribution in [3.8, 4) is 0 Å². The Bertz CT molecular complexity index is 423. The highest BCUT2D eigenvalue weighted by Gasteiger charge is 1.98. The molecule has 0 aliphatic heterocycles. The average molecular weight is 257 g/mol. The van der Waals surface area contributed by atoms with Crippen molar-refractivity contribution in [1.29, 1.82) is 0 Å². The summed E-state index contributed by atoms with van der Waals surface area (Å²) in [5.41, 5.74) is 1.77. The second-order valence-electron chi connectivity index (χ2n) is 3.69. The molecular weight excluding hydrogens is 243 g/mol. The molecule has 0 aliphatic carbocycles. The van der Waals surface area contributed by atoms with Crippen molar-refractivity contribution in [1.82, 2.24) is 4.90 Å². The Morgan fingerprint density at radius 3 is 2.56 bits per heavy atom. The van der Waals surface area contributed by atoms with Crippen LogP contribution >= 0.6 is 23.2 Å². The number of allylic oxidation sites excluding steroid dienone is 1. The van der Waals surface area contributed by atoms with E-state index in [9.17, 15) is 0 Å². The molecule has 0 heterocycles. The fourth-order valence-corrected chi connectivity index (χ4v) is 1.66. The molecule has 0 aliphatic rings. The lowest BCUT2D eigenvalue weighted by Gasteiger charge is -2.04. The maximum Gasteiger partial charge on any atom is 0.0816 e. The van der Waals surface area contributed by atoms with Crippen LogP contribution in [0.3, 0.4) is 0 Å². The molecule has 0 radical (unpaired) electrons. The number of rotatable bonds is 3. The first kappa shape index (κ1) is 13.1. The maximum absolute atomic E-state index is 5.99. The first-order valence-electron chi connectivity index (χ1n) is 4.83. The Labute approximate surface area is 106 Å². The van der Waals surface area contributed by atoms with Gasteiger partial charge in [0, 0.05) is 31.5 Å². The predicted octanol–water partition coefficient (Wildman–Crippen LogP) is 4.16. The van der Waals surface area contributed by atoms with Crippen LogP contribution in [-0.2, 0) is 0 Å². The van der Waals surface area contributed by atoms with Gasteiger partial charge in [0.25, 0.3) is 0 Å². The van der Waals surface area contributed by atoms with Gasteiger partial charge in [-0.25, -0.2) is 0 Å². The highest BCUT2D eigenvalue weighted by Crippen LogP contribution is 2.27. The van der Waals surface area contributed by atoms with Crippen LogP contribution in [0.2, 0.25) is 10.0 Å². The first-order chi connectivity index (χ1) is 7.49. The van der Waals surface area contributed by atoms with Crippen molar-refractivity contribution in [3.05, 3.63) is 40.0 Å². The predicted molar refractivity (Wildman–Crippen MR) is 72.1 cm³/mol. The molecule has 0 spiro atoms. The number of benzene rings is 1. The summed E-state index contributed by atoms with van der Waals surface area (Å²) >= 11 is 11.8. The summed E-state index contributed by atoms with van der Waals surface area (Å²) in [4.78, 5) is 6.25. The molecule has 0 atom stereocenters. The SMILES string of the molecule is CC(C=Nc1ccc(Cl)cc1Cl)=CN(C)C. The molecule has 16 heavy (non-hydrogen) atoms. The molecule has 0 fully saturated rings. The van der Waals surface area contributed by atoms with Gasteiger partial charge < -0.3 is 4.90 Å². The van der Waals surface area contributed by atoms with E-state index in [0.717, 1.165) is 11.3 Å². The van der Waals surface area contributed by atoms with Crippen molar-refractivity contribution in [3.63, 3.8) is 0 Å². The van der Waals surface area contributed by atoms with Crippen LogP contribution < -0.4 is 0 Å². The van der Waals surface area contributed by atoms with Gasteiger partial charge in [0.15, 0.2) is 0 Å². The van der Waals surface area contributed by atoms with Crippen LogP contribution in [0, 0.1) is 0 Å². The highest BCUT2D eigenvalue weighted by molar-refractivity contribution is 6.36. The smallest absolute Gasteiger partial charge is 0.0816 e. The summed E-state index contributed by atoms with van der Waals surface area (Å²) in [5, 5.41) is 1.17. The minimum Gasteiger partial charge on any atom is -0.383 e. The molecule has 0 aromatic heterocycles. The molecule has 0 unspecified atom stereocenters. The summed E-state index contributed by atoms with van der Waals surface area (Å²) in [6, 6.07) is 5.25. The lowest BCUT2D eigenvalue weighted by Crippen LogP contribution is -2.02. The topological polar surface area (TPSA) is 15.6 Å². The van der Waals surface area contributed by atoms with Gasteiger partial charge in [0.2, 0.25) is 0 Å². The molecule has 1 aromatic carbocycles. The van der Waals surface area contributed by atoms with E-state index in [2.05, 4.69) is 4.99 Å². The Morgan fingerprint density at radius 1 is 1.31 bits per heavy atom. The van der Waals surface area contributed by atoms with Gasteiger partial charge in [0.05, 0.1) is 10.7 Å². The molecule has 0 bridgehead atoms. The van der Waals surface area contributed by atoms with Crippen LogP contribution in [0.4, 0.5) is 5.69 Å². The minimum atomic E-state index is 0.557. The van der Waals surface area contributed by atoms with Crippen LogP contribution in [0.15, 0.2) is 35.0 Å². The number of aliphatic imine (C=N–C) groups is 1. The summed E-state index contributed by atoms with van der Waals surface area (Å²) in [6.07, 6.45) is 3.75. The Kier molecular flexibility index (Phi) is 4.84. The van der Waals surface area contributed by atoms with Crippen molar-refractivity contribution < 1.29 is 0 Å². The second-order valence-corrected chi connectivity index (χ2v) is 4.53. The highest BCUT2D eigenvalue weighted by atomic mass is 35.5. The normalized spacial score (nSPS) is 12.2. The molecule has 1 rings (SSSR count). The number of halogens is 2. The van der Waals surface area contributed by atoms with Gasteiger partial charge in [-0.3, -0.25) is 4.99 Å².